The number of hydrogen-bond donors (Lipinski definition) is 3. The summed E-state index contributed by atoms with van der Waals surface area (Å²) in [6.07, 6.45) is 1.44. The summed E-state index contributed by atoms with van der Waals surface area (Å²) in [5.41, 5.74) is 5.23. The summed E-state index contributed by atoms with van der Waals surface area (Å²) in [6.45, 7) is 17.8. The van der Waals surface area contributed by atoms with Gasteiger partial charge in [0.15, 0.2) is 0 Å². The van der Waals surface area contributed by atoms with E-state index in [4.69, 9.17) is 0 Å². The number of anilines is 1. The van der Waals surface area contributed by atoms with Crippen molar-refractivity contribution >= 4 is 17.8 Å². The lowest BCUT2D eigenvalue weighted by Crippen LogP contribution is -2.23. The highest BCUT2D eigenvalue weighted by molar-refractivity contribution is 5.96. The molecule has 0 fully saturated rings. The molecule has 0 radical (unpaired) electrons. The maximum absolute atomic E-state index is 12.9. The van der Waals surface area contributed by atoms with Gasteiger partial charge < -0.3 is 15.1 Å². The van der Waals surface area contributed by atoms with E-state index in [0.717, 1.165) is 18.8 Å². The topological polar surface area (TPSA) is 85.2 Å². The van der Waals surface area contributed by atoms with Crippen LogP contribution in [0, 0.1) is 0 Å². The number of hydrogen-bond acceptors (Lipinski definition) is 5. The Morgan fingerprint density at radius 1 is 0.969 bits per heavy atom. The van der Waals surface area contributed by atoms with Crippen molar-refractivity contribution in [3.8, 4) is 11.5 Å². The van der Waals surface area contributed by atoms with Crippen molar-refractivity contribution in [2.75, 3.05) is 18.0 Å². The Labute approximate surface area is 192 Å². The molecule has 32 heavy (non-hydrogen) atoms. The Hall–Kier alpha value is -3.02. The normalized spacial score (nSPS) is 12.2. The molecule has 6 nitrogen and oxygen atoms in total. The number of nitrogens with zero attached hydrogens (tertiary/aromatic N) is 2. The first-order valence-corrected chi connectivity index (χ1v) is 11.1. The monoisotopic (exact) mass is 439 g/mol. The number of rotatable bonds is 6. The van der Waals surface area contributed by atoms with Gasteiger partial charge in [0.05, 0.1) is 6.21 Å². The Morgan fingerprint density at radius 3 is 1.97 bits per heavy atom. The average molecular weight is 440 g/mol. The first-order chi connectivity index (χ1) is 14.8. The van der Waals surface area contributed by atoms with Gasteiger partial charge in [0, 0.05) is 41.0 Å². The molecule has 0 saturated carbocycles. The second-order valence-corrected chi connectivity index (χ2v) is 10.0. The van der Waals surface area contributed by atoms with Crippen LogP contribution in [0.1, 0.15) is 82.4 Å². The number of hydrazone groups is 1. The summed E-state index contributed by atoms with van der Waals surface area (Å²) in [4.78, 5) is 15.0. The number of phenols is 2. The standard InChI is InChI=1S/C26H37N3O3/c1-9-29(10-2)19-11-12-22(30)18(13-19)16-27-28-24(32)17-14-20(25(3,4)5)23(31)21(15-17)26(6,7)8/h11-16,30-31H,9-10H2,1-8H3,(H,28,32). The van der Waals surface area contributed by atoms with Crippen LogP contribution in [0.4, 0.5) is 5.69 Å². The molecule has 3 N–H and O–H groups in total. The van der Waals surface area contributed by atoms with E-state index < -0.39 is 0 Å². The van der Waals surface area contributed by atoms with Crippen LogP contribution in [-0.2, 0) is 10.8 Å². The summed E-state index contributed by atoms with van der Waals surface area (Å²) in [6, 6.07) is 8.76. The number of phenolic OH excluding ortho intramolecular Hbond substituents is 2. The first-order valence-electron chi connectivity index (χ1n) is 11.1. The Bertz CT molecular complexity index is 959. The van der Waals surface area contributed by atoms with Gasteiger partial charge in [0.1, 0.15) is 11.5 Å². The van der Waals surface area contributed by atoms with Crippen molar-refractivity contribution in [3.63, 3.8) is 0 Å². The molecule has 0 atom stereocenters. The maximum Gasteiger partial charge on any atom is 0.271 e. The molecule has 0 aromatic heterocycles. The van der Waals surface area contributed by atoms with E-state index >= 15 is 0 Å². The van der Waals surface area contributed by atoms with Gasteiger partial charge in [-0.2, -0.15) is 5.10 Å². The van der Waals surface area contributed by atoms with Gasteiger partial charge in [-0.3, -0.25) is 4.79 Å². The molecule has 0 saturated heterocycles. The lowest BCUT2D eigenvalue weighted by Gasteiger charge is -2.28. The maximum atomic E-state index is 12.9. The molecule has 0 aliphatic rings. The largest absolute Gasteiger partial charge is 0.507 e. The predicted octanol–water partition coefficient (Wildman–Crippen LogP) is 5.30. The van der Waals surface area contributed by atoms with Crippen LogP contribution >= 0.6 is 0 Å². The SMILES string of the molecule is CCN(CC)c1ccc(O)c(C=NNC(=O)c2cc(C(C)(C)C)c(O)c(C(C)(C)C)c2)c1. The smallest absolute Gasteiger partial charge is 0.271 e. The molecule has 0 unspecified atom stereocenters. The molecule has 0 spiro atoms. The minimum Gasteiger partial charge on any atom is -0.507 e. The zero-order chi connectivity index (χ0) is 24.3. The van der Waals surface area contributed by atoms with Crippen LogP contribution in [0.3, 0.4) is 0 Å². The van der Waals surface area contributed by atoms with E-state index in [0.29, 0.717) is 22.3 Å². The van der Waals surface area contributed by atoms with Crippen LogP contribution in [0.5, 0.6) is 11.5 Å². The van der Waals surface area contributed by atoms with Gasteiger partial charge >= 0.3 is 0 Å². The Morgan fingerprint density at radius 2 is 1.50 bits per heavy atom. The summed E-state index contributed by atoms with van der Waals surface area (Å²) >= 11 is 0. The van der Waals surface area contributed by atoms with Crippen molar-refractivity contribution in [3.05, 3.63) is 52.6 Å². The molecule has 0 aliphatic carbocycles. The van der Waals surface area contributed by atoms with Crippen LogP contribution in [0.15, 0.2) is 35.4 Å². The summed E-state index contributed by atoms with van der Waals surface area (Å²) in [5, 5.41) is 25.1. The van der Waals surface area contributed by atoms with Crippen molar-refractivity contribution < 1.29 is 15.0 Å². The first kappa shape index (κ1) is 25.2. The highest BCUT2D eigenvalue weighted by Gasteiger charge is 2.27. The van der Waals surface area contributed by atoms with Crippen LogP contribution in [-0.4, -0.2) is 35.4 Å². The number of carbonyl (C=O) groups is 1. The van der Waals surface area contributed by atoms with Gasteiger partial charge in [-0.25, -0.2) is 5.43 Å². The molecule has 6 heteroatoms. The second-order valence-electron chi connectivity index (χ2n) is 10.0. The van der Waals surface area contributed by atoms with E-state index in [9.17, 15) is 15.0 Å². The fraction of sp³-hybridized carbons (Fsp3) is 0.462. The highest BCUT2D eigenvalue weighted by atomic mass is 16.3. The Balaban J connectivity index is 2.34. The van der Waals surface area contributed by atoms with Gasteiger partial charge in [-0.15, -0.1) is 0 Å². The molecular formula is C26H37N3O3. The van der Waals surface area contributed by atoms with E-state index in [1.807, 2.05) is 53.7 Å². The Kier molecular flexibility index (Phi) is 7.60. The lowest BCUT2D eigenvalue weighted by molar-refractivity contribution is 0.0955. The van der Waals surface area contributed by atoms with E-state index in [1.54, 1.807) is 18.2 Å². The number of carbonyl (C=O) groups excluding carboxylic acids is 1. The second kappa shape index (κ2) is 9.63. The third-order valence-corrected chi connectivity index (χ3v) is 5.50. The number of amides is 1. The van der Waals surface area contributed by atoms with Crippen molar-refractivity contribution in [2.24, 2.45) is 5.10 Å². The molecule has 1 amide bonds. The lowest BCUT2D eigenvalue weighted by atomic mass is 9.78. The molecule has 2 aromatic rings. The van der Waals surface area contributed by atoms with E-state index in [1.165, 1.54) is 6.21 Å². The minimum atomic E-state index is -0.378. The van der Waals surface area contributed by atoms with Crippen LogP contribution in [0.2, 0.25) is 0 Å². The van der Waals surface area contributed by atoms with Gasteiger partial charge in [0.2, 0.25) is 0 Å². The number of benzene rings is 2. The van der Waals surface area contributed by atoms with Crippen molar-refractivity contribution in [2.45, 2.75) is 66.2 Å². The van der Waals surface area contributed by atoms with Crippen LogP contribution in [0.25, 0.3) is 0 Å². The zero-order valence-corrected chi connectivity index (χ0v) is 20.6. The quantitative estimate of drug-likeness (QED) is 0.421. The molecular weight excluding hydrogens is 402 g/mol. The van der Waals surface area contributed by atoms with Gasteiger partial charge in [0.25, 0.3) is 5.91 Å². The van der Waals surface area contributed by atoms with E-state index in [2.05, 4.69) is 29.3 Å². The summed E-state index contributed by atoms with van der Waals surface area (Å²) in [5.74, 6) is -0.0617. The van der Waals surface area contributed by atoms with Crippen molar-refractivity contribution in [1.82, 2.24) is 5.43 Å². The molecule has 2 rings (SSSR count). The van der Waals surface area contributed by atoms with Gasteiger partial charge in [-0.05, 0) is 55.0 Å². The van der Waals surface area contributed by atoms with E-state index in [-0.39, 0.29) is 28.2 Å². The molecule has 2 aromatic carbocycles. The third-order valence-electron chi connectivity index (χ3n) is 5.50. The molecule has 0 heterocycles. The predicted molar refractivity (Wildman–Crippen MR) is 132 cm³/mol. The molecule has 0 aliphatic heterocycles. The van der Waals surface area contributed by atoms with Crippen molar-refractivity contribution in [1.29, 1.82) is 0 Å². The number of nitrogens with one attached hydrogen (secondary N) is 1. The summed E-state index contributed by atoms with van der Waals surface area (Å²) < 4.78 is 0. The highest BCUT2D eigenvalue weighted by Crippen LogP contribution is 2.39. The summed E-state index contributed by atoms with van der Waals surface area (Å²) in [7, 11) is 0. The average Bonchev–Trinajstić information content (AvgIpc) is 2.69. The fourth-order valence-corrected chi connectivity index (χ4v) is 3.56. The van der Waals surface area contributed by atoms with Gasteiger partial charge in [-0.1, -0.05) is 41.5 Å². The zero-order valence-electron chi connectivity index (χ0n) is 20.6. The third kappa shape index (κ3) is 5.81. The van der Waals surface area contributed by atoms with Crippen LogP contribution < -0.4 is 10.3 Å². The molecule has 174 valence electrons. The molecule has 0 bridgehead atoms. The number of aromatic hydroxyl groups is 2. The fourth-order valence-electron chi connectivity index (χ4n) is 3.56. The minimum absolute atomic E-state index is 0.0913.